The Hall–Kier alpha value is -1.53. The van der Waals surface area contributed by atoms with Gasteiger partial charge in [-0.1, -0.05) is 0 Å². The normalized spacial score (nSPS) is 43.6. The third kappa shape index (κ3) is 3.06. The predicted molar refractivity (Wildman–Crippen MR) is 79.4 cm³/mol. The van der Waals surface area contributed by atoms with Gasteiger partial charge in [0, 0.05) is 10.1 Å². The van der Waals surface area contributed by atoms with Gasteiger partial charge in [-0.05, 0) is 27.7 Å². The SMILES string of the molecule is CC1(C)O[C@H]2[C@@H](O1)[C@@H](C[N+]1=NC([N+](=O)[O-])N=C1)O[C@@H]1OC(C)(C)O[C@@H]12. The molecule has 0 bridgehead atoms. The standard InChI is InChI=1S/C14H21N4O7/c1-13(2)22-8-7(5-17-6-15-12(16-17)18(19)20)21-11-10(9(8)23-13)24-14(3,4)25-11/h6-12H,5H2,1-4H3/q+1/t7-,8+,9+,10-,11-,12?/m1/s1. The van der Waals surface area contributed by atoms with E-state index in [0.29, 0.717) is 0 Å². The second kappa shape index (κ2) is 5.48. The van der Waals surface area contributed by atoms with Crippen LogP contribution in [0.25, 0.3) is 0 Å². The lowest BCUT2D eigenvalue weighted by Crippen LogP contribution is -2.57. The topological polar surface area (TPSA) is 117 Å². The van der Waals surface area contributed by atoms with Crippen LogP contribution in [0.15, 0.2) is 10.1 Å². The van der Waals surface area contributed by atoms with Crippen molar-refractivity contribution in [3.63, 3.8) is 0 Å². The summed E-state index contributed by atoms with van der Waals surface area (Å²) in [6, 6.07) is 0. The molecule has 6 atom stereocenters. The fourth-order valence-electron chi connectivity index (χ4n) is 3.54. The maximum atomic E-state index is 10.8. The van der Waals surface area contributed by atoms with Crippen LogP contribution in [0.5, 0.6) is 0 Å². The number of hydrogen-bond donors (Lipinski definition) is 0. The van der Waals surface area contributed by atoms with Crippen molar-refractivity contribution < 1.29 is 33.3 Å². The molecule has 0 spiro atoms. The van der Waals surface area contributed by atoms with Gasteiger partial charge in [0.2, 0.25) is 0 Å². The van der Waals surface area contributed by atoms with Gasteiger partial charge in [-0.2, -0.15) is 0 Å². The number of hydrogen-bond acceptors (Lipinski definition) is 9. The van der Waals surface area contributed by atoms with E-state index in [1.165, 1.54) is 11.0 Å². The minimum atomic E-state index is -1.31. The zero-order valence-corrected chi connectivity index (χ0v) is 14.4. The lowest BCUT2D eigenvalue weighted by atomic mass is 9.99. The number of rotatable bonds is 3. The monoisotopic (exact) mass is 357 g/mol. The van der Waals surface area contributed by atoms with E-state index in [4.69, 9.17) is 23.7 Å². The van der Waals surface area contributed by atoms with E-state index in [-0.39, 0.29) is 12.6 Å². The maximum absolute atomic E-state index is 10.8. The van der Waals surface area contributed by atoms with E-state index < -0.39 is 47.4 Å². The molecule has 1 unspecified atom stereocenters. The van der Waals surface area contributed by atoms with Gasteiger partial charge in [0.1, 0.15) is 31.0 Å². The molecule has 0 aromatic carbocycles. The van der Waals surface area contributed by atoms with Gasteiger partial charge in [0.05, 0.1) is 4.92 Å². The summed E-state index contributed by atoms with van der Waals surface area (Å²) in [4.78, 5) is 14.0. The molecular formula is C14H21N4O7+. The van der Waals surface area contributed by atoms with Crippen LogP contribution in [0.2, 0.25) is 0 Å². The summed E-state index contributed by atoms with van der Waals surface area (Å²) < 4.78 is 31.2. The van der Waals surface area contributed by atoms with Gasteiger partial charge in [0.15, 0.2) is 17.9 Å². The van der Waals surface area contributed by atoms with Crippen LogP contribution in [0.1, 0.15) is 27.7 Å². The van der Waals surface area contributed by atoms with Crippen molar-refractivity contribution in [3.05, 3.63) is 10.1 Å². The van der Waals surface area contributed by atoms with Crippen molar-refractivity contribution in [2.75, 3.05) is 6.54 Å². The lowest BCUT2D eigenvalue weighted by molar-refractivity contribution is -0.560. The molecule has 4 aliphatic rings. The average Bonchev–Trinajstić information content (AvgIpc) is 3.13. The van der Waals surface area contributed by atoms with Gasteiger partial charge < -0.3 is 23.7 Å². The summed E-state index contributed by atoms with van der Waals surface area (Å²) in [5.41, 5.74) is 0. The minimum Gasteiger partial charge on any atom is -0.342 e. The van der Waals surface area contributed by atoms with Crippen LogP contribution >= 0.6 is 0 Å². The molecule has 4 rings (SSSR count). The molecule has 3 saturated heterocycles. The first-order valence-electron chi connectivity index (χ1n) is 8.14. The van der Waals surface area contributed by atoms with Gasteiger partial charge in [-0.3, -0.25) is 10.1 Å². The highest BCUT2D eigenvalue weighted by atomic mass is 16.9. The molecular weight excluding hydrogens is 336 g/mol. The fourth-order valence-corrected chi connectivity index (χ4v) is 3.54. The molecule has 11 nitrogen and oxygen atoms in total. The van der Waals surface area contributed by atoms with Gasteiger partial charge in [-0.15, -0.1) is 4.70 Å². The molecule has 25 heavy (non-hydrogen) atoms. The minimum absolute atomic E-state index is 0.238. The Morgan fingerprint density at radius 3 is 2.40 bits per heavy atom. The maximum Gasteiger partial charge on any atom is 0.515 e. The number of fused-ring (bicyclic) bond motifs is 3. The lowest BCUT2D eigenvalue weighted by Gasteiger charge is -2.36. The Bertz CT molecular complexity index is 649. The quantitative estimate of drug-likeness (QED) is 0.409. The van der Waals surface area contributed by atoms with Crippen molar-refractivity contribution in [1.82, 2.24) is 0 Å². The zero-order valence-electron chi connectivity index (χ0n) is 14.4. The first kappa shape index (κ1) is 16.9. The molecule has 0 aromatic rings. The van der Waals surface area contributed by atoms with Crippen molar-refractivity contribution in [2.24, 2.45) is 10.1 Å². The summed E-state index contributed by atoms with van der Waals surface area (Å²) in [5.74, 6) is -1.58. The molecule has 11 heteroatoms. The predicted octanol–water partition coefficient (Wildman–Crippen LogP) is 0.450. The summed E-state index contributed by atoms with van der Waals surface area (Å²) in [5, 5.41) is 14.7. The van der Waals surface area contributed by atoms with E-state index in [2.05, 4.69) is 10.1 Å². The number of ether oxygens (including phenoxy) is 5. The van der Waals surface area contributed by atoms with Gasteiger partial charge in [0.25, 0.3) is 0 Å². The van der Waals surface area contributed by atoms with E-state index in [1.807, 2.05) is 27.7 Å². The average molecular weight is 357 g/mol. The van der Waals surface area contributed by atoms with Crippen molar-refractivity contribution in [2.45, 2.75) is 76.3 Å². The molecule has 138 valence electrons. The zero-order chi connectivity index (χ0) is 18.0. The molecule has 0 amide bonds. The number of aliphatic imine (C=N–C) groups is 1. The third-order valence-corrected chi connectivity index (χ3v) is 4.39. The van der Waals surface area contributed by atoms with E-state index in [0.717, 1.165) is 0 Å². The Labute approximate surface area is 143 Å². The number of nitrogens with zero attached hydrogens (tertiary/aromatic N) is 4. The summed E-state index contributed by atoms with van der Waals surface area (Å²) >= 11 is 0. The second-order valence-electron chi connectivity index (χ2n) is 7.34. The first-order chi connectivity index (χ1) is 11.6. The molecule has 4 aliphatic heterocycles. The Morgan fingerprint density at radius 2 is 1.72 bits per heavy atom. The van der Waals surface area contributed by atoms with E-state index >= 15 is 0 Å². The molecule has 0 aromatic heterocycles. The Morgan fingerprint density at radius 1 is 1.08 bits per heavy atom. The molecule has 4 heterocycles. The van der Waals surface area contributed by atoms with E-state index in [1.54, 1.807) is 0 Å². The van der Waals surface area contributed by atoms with Crippen molar-refractivity contribution in [3.8, 4) is 0 Å². The van der Waals surface area contributed by atoms with Crippen molar-refractivity contribution in [1.29, 1.82) is 0 Å². The highest BCUT2D eigenvalue weighted by Gasteiger charge is 2.61. The summed E-state index contributed by atoms with van der Waals surface area (Å²) in [6.45, 7) is 7.50. The molecule has 0 saturated carbocycles. The van der Waals surface area contributed by atoms with E-state index in [9.17, 15) is 10.1 Å². The molecule has 0 radical (unpaired) electrons. The van der Waals surface area contributed by atoms with Gasteiger partial charge in [-0.25, -0.2) is 0 Å². The molecule has 0 aliphatic carbocycles. The van der Waals surface area contributed by atoms with Crippen LogP contribution in [-0.2, 0) is 23.7 Å². The fraction of sp³-hybridized carbons (Fsp3) is 0.929. The van der Waals surface area contributed by atoms with Crippen LogP contribution in [0, 0.1) is 10.1 Å². The highest BCUT2D eigenvalue weighted by molar-refractivity contribution is 5.44. The largest absolute Gasteiger partial charge is 0.515 e. The Kier molecular flexibility index (Phi) is 3.71. The smallest absolute Gasteiger partial charge is 0.342 e. The highest BCUT2D eigenvalue weighted by Crippen LogP contribution is 2.44. The van der Waals surface area contributed by atoms with Gasteiger partial charge >= 0.3 is 12.6 Å². The second-order valence-corrected chi connectivity index (χ2v) is 7.34. The third-order valence-electron chi connectivity index (χ3n) is 4.39. The number of nitro groups is 1. The van der Waals surface area contributed by atoms with Crippen molar-refractivity contribution >= 4 is 6.34 Å². The van der Waals surface area contributed by atoms with Crippen LogP contribution in [0.3, 0.4) is 0 Å². The molecule has 0 N–H and O–H groups in total. The van der Waals surface area contributed by atoms with Crippen LogP contribution < -0.4 is 0 Å². The van der Waals surface area contributed by atoms with Crippen LogP contribution in [0.4, 0.5) is 0 Å². The Balaban J connectivity index is 1.55. The number of azo groups is 2. The molecule has 3 fully saturated rings. The van der Waals surface area contributed by atoms with Crippen LogP contribution in [-0.4, -0.2) is 71.1 Å². The summed E-state index contributed by atoms with van der Waals surface area (Å²) in [6.07, 6.45) is -2.24. The first-order valence-corrected chi connectivity index (χ1v) is 8.14. The summed E-state index contributed by atoms with van der Waals surface area (Å²) in [7, 11) is 0.